The lowest BCUT2D eigenvalue weighted by Gasteiger charge is -2.11. The molecule has 0 atom stereocenters. The highest BCUT2D eigenvalue weighted by Crippen LogP contribution is 2.31. The van der Waals surface area contributed by atoms with Crippen LogP contribution >= 0.6 is 31.9 Å². The summed E-state index contributed by atoms with van der Waals surface area (Å²) in [5, 5.41) is 19.8. The van der Waals surface area contributed by atoms with Gasteiger partial charge in [0.15, 0.2) is 0 Å². The molecule has 0 radical (unpaired) electrons. The Kier molecular flexibility index (Phi) is 5.25. The molecule has 4 nitrogen and oxygen atoms in total. The third-order valence-electron chi connectivity index (χ3n) is 3.92. The van der Waals surface area contributed by atoms with Gasteiger partial charge < -0.3 is 5.11 Å². The van der Waals surface area contributed by atoms with Gasteiger partial charge in [-0.05, 0) is 74.0 Å². The van der Waals surface area contributed by atoms with Crippen LogP contribution < -0.4 is 0 Å². The largest absolute Gasteiger partial charge is 0.505 e. The Bertz CT molecular complexity index is 851. The molecule has 126 valence electrons. The average molecular weight is 453 g/mol. The summed E-state index contributed by atoms with van der Waals surface area (Å²) in [6.07, 6.45) is 3.86. The highest BCUT2D eigenvalue weighted by Gasteiger charge is 2.15. The number of rotatable bonds is 5. The minimum atomic E-state index is 0.273. The number of phenolic OH excluding ortho intramolecular Hbond substituents is 1. The maximum Gasteiger partial charge on any atom is 0.146 e. The number of hydrogen-bond acceptors (Lipinski definition) is 3. The molecule has 0 fully saturated rings. The number of phenols is 1. The first-order chi connectivity index (χ1) is 11.5. The molecule has 3 aromatic rings. The Balaban J connectivity index is 2.16. The van der Waals surface area contributed by atoms with E-state index in [0.717, 1.165) is 51.2 Å². The maximum atomic E-state index is 10.7. The third kappa shape index (κ3) is 3.35. The molecule has 1 N–H and O–H groups in total. The van der Waals surface area contributed by atoms with Crippen LogP contribution in [0.15, 0.2) is 33.2 Å². The van der Waals surface area contributed by atoms with E-state index in [1.807, 2.05) is 18.2 Å². The van der Waals surface area contributed by atoms with E-state index in [2.05, 4.69) is 62.0 Å². The second-order valence-electron chi connectivity index (χ2n) is 5.87. The summed E-state index contributed by atoms with van der Waals surface area (Å²) in [5.41, 5.74) is 4.37. The zero-order chi connectivity index (χ0) is 17.3. The standard InChI is InChI=1S/C18H19Br2N3O/c1-3-5-11-7-12(6-4-2)18(24)17(8-11)23-21-15-9-13(19)14(20)10-16(15)22-23/h7-10,24H,3-6H2,1-2H3. The first-order valence-corrected chi connectivity index (χ1v) is 9.69. The number of aromatic nitrogens is 3. The van der Waals surface area contributed by atoms with Crippen molar-refractivity contribution in [1.82, 2.24) is 15.0 Å². The van der Waals surface area contributed by atoms with Gasteiger partial charge >= 0.3 is 0 Å². The first-order valence-electron chi connectivity index (χ1n) is 8.10. The highest BCUT2D eigenvalue weighted by atomic mass is 79.9. The van der Waals surface area contributed by atoms with Crippen LogP contribution in [0.2, 0.25) is 0 Å². The molecular weight excluding hydrogens is 434 g/mol. The molecule has 0 aliphatic rings. The molecule has 1 aromatic heterocycles. The van der Waals surface area contributed by atoms with Crippen LogP contribution in [-0.4, -0.2) is 20.1 Å². The van der Waals surface area contributed by atoms with Crippen molar-refractivity contribution in [3.05, 3.63) is 44.3 Å². The number of halogens is 2. The van der Waals surface area contributed by atoms with E-state index >= 15 is 0 Å². The molecule has 0 saturated carbocycles. The van der Waals surface area contributed by atoms with Gasteiger partial charge in [-0.15, -0.1) is 15.0 Å². The molecule has 6 heteroatoms. The van der Waals surface area contributed by atoms with Crippen LogP contribution in [0, 0.1) is 0 Å². The molecule has 24 heavy (non-hydrogen) atoms. The Morgan fingerprint density at radius 2 is 1.50 bits per heavy atom. The van der Waals surface area contributed by atoms with Crippen molar-refractivity contribution < 1.29 is 5.11 Å². The summed E-state index contributed by atoms with van der Waals surface area (Å²) in [5.74, 6) is 0.273. The van der Waals surface area contributed by atoms with Crippen molar-refractivity contribution in [2.75, 3.05) is 0 Å². The van der Waals surface area contributed by atoms with E-state index in [0.29, 0.717) is 5.69 Å². The Morgan fingerprint density at radius 1 is 0.917 bits per heavy atom. The summed E-state index contributed by atoms with van der Waals surface area (Å²) >= 11 is 6.97. The Hall–Kier alpha value is -1.40. The minimum Gasteiger partial charge on any atom is -0.505 e. The van der Waals surface area contributed by atoms with Crippen LogP contribution in [-0.2, 0) is 12.8 Å². The molecule has 0 amide bonds. The van der Waals surface area contributed by atoms with E-state index in [1.165, 1.54) is 10.4 Å². The summed E-state index contributed by atoms with van der Waals surface area (Å²) < 4.78 is 1.86. The predicted octanol–water partition coefficient (Wildman–Crippen LogP) is 5.56. The van der Waals surface area contributed by atoms with Gasteiger partial charge in [0, 0.05) is 8.95 Å². The van der Waals surface area contributed by atoms with Crippen molar-refractivity contribution in [2.24, 2.45) is 0 Å². The zero-order valence-corrected chi connectivity index (χ0v) is 16.9. The van der Waals surface area contributed by atoms with Gasteiger partial charge in [-0.2, -0.15) is 0 Å². The van der Waals surface area contributed by atoms with Gasteiger partial charge in [-0.1, -0.05) is 32.8 Å². The number of benzene rings is 2. The van der Waals surface area contributed by atoms with Gasteiger partial charge in [0.2, 0.25) is 0 Å². The summed E-state index contributed by atoms with van der Waals surface area (Å²) in [6, 6.07) is 7.93. The molecule has 0 aliphatic carbocycles. The number of fused-ring (bicyclic) bond motifs is 1. The van der Waals surface area contributed by atoms with Gasteiger partial charge in [0.05, 0.1) is 0 Å². The predicted molar refractivity (Wildman–Crippen MR) is 104 cm³/mol. The molecule has 0 spiro atoms. The van der Waals surface area contributed by atoms with E-state index in [4.69, 9.17) is 0 Å². The minimum absolute atomic E-state index is 0.273. The molecule has 2 aromatic carbocycles. The summed E-state index contributed by atoms with van der Waals surface area (Å²) in [7, 11) is 0. The maximum absolute atomic E-state index is 10.7. The fourth-order valence-corrected chi connectivity index (χ4v) is 3.47. The molecule has 1 heterocycles. The van der Waals surface area contributed by atoms with Gasteiger partial charge in [-0.25, -0.2) is 0 Å². The molecule has 3 rings (SSSR count). The van der Waals surface area contributed by atoms with Gasteiger partial charge in [0.25, 0.3) is 0 Å². The van der Waals surface area contributed by atoms with Crippen molar-refractivity contribution in [3.8, 4) is 11.4 Å². The third-order valence-corrected chi connectivity index (χ3v) is 5.77. The van der Waals surface area contributed by atoms with E-state index in [9.17, 15) is 5.11 Å². The Morgan fingerprint density at radius 3 is 2.04 bits per heavy atom. The lowest BCUT2D eigenvalue weighted by molar-refractivity contribution is 0.460. The van der Waals surface area contributed by atoms with Crippen LogP contribution in [0.5, 0.6) is 5.75 Å². The normalized spacial score (nSPS) is 11.3. The topological polar surface area (TPSA) is 50.9 Å². The SMILES string of the molecule is CCCc1cc(CCC)c(O)c(-n2nc3cc(Br)c(Br)cc3n2)c1. The van der Waals surface area contributed by atoms with Crippen LogP contribution in [0.4, 0.5) is 0 Å². The van der Waals surface area contributed by atoms with Crippen molar-refractivity contribution in [2.45, 2.75) is 39.5 Å². The zero-order valence-electron chi connectivity index (χ0n) is 13.7. The fourth-order valence-electron chi connectivity index (χ4n) is 2.81. The van der Waals surface area contributed by atoms with Crippen LogP contribution in [0.3, 0.4) is 0 Å². The second-order valence-corrected chi connectivity index (χ2v) is 7.58. The first kappa shape index (κ1) is 17.4. The van der Waals surface area contributed by atoms with Crippen LogP contribution in [0.1, 0.15) is 37.8 Å². The quantitative estimate of drug-likeness (QED) is 0.551. The number of aryl methyl sites for hydroxylation is 2. The number of hydrogen-bond donors (Lipinski definition) is 1. The second kappa shape index (κ2) is 7.23. The smallest absolute Gasteiger partial charge is 0.146 e. The van der Waals surface area contributed by atoms with E-state index < -0.39 is 0 Å². The lowest BCUT2D eigenvalue weighted by atomic mass is 10.0. The molecule has 0 saturated heterocycles. The summed E-state index contributed by atoms with van der Waals surface area (Å²) in [6.45, 7) is 4.27. The van der Waals surface area contributed by atoms with Crippen molar-refractivity contribution in [1.29, 1.82) is 0 Å². The lowest BCUT2D eigenvalue weighted by Crippen LogP contribution is -2.03. The van der Waals surface area contributed by atoms with Crippen LogP contribution in [0.25, 0.3) is 16.7 Å². The number of nitrogens with zero attached hydrogens (tertiary/aromatic N) is 3. The number of aromatic hydroxyl groups is 1. The molecule has 0 bridgehead atoms. The van der Waals surface area contributed by atoms with E-state index in [1.54, 1.807) is 0 Å². The summed E-state index contributed by atoms with van der Waals surface area (Å²) in [4.78, 5) is 1.54. The monoisotopic (exact) mass is 451 g/mol. The average Bonchev–Trinajstić information content (AvgIpc) is 2.93. The molecular formula is C18H19Br2N3O. The highest BCUT2D eigenvalue weighted by molar-refractivity contribution is 9.13. The van der Waals surface area contributed by atoms with E-state index in [-0.39, 0.29) is 5.75 Å². The van der Waals surface area contributed by atoms with Crippen molar-refractivity contribution in [3.63, 3.8) is 0 Å². The molecule has 0 aliphatic heterocycles. The van der Waals surface area contributed by atoms with Gasteiger partial charge in [-0.3, -0.25) is 0 Å². The Labute approximate surface area is 158 Å². The fraction of sp³-hybridized carbons (Fsp3) is 0.333. The van der Waals surface area contributed by atoms with Gasteiger partial charge in [0.1, 0.15) is 22.5 Å². The molecule has 0 unspecified atom stereocenters. The van der Waals surface area contributed by atoms with Crippen molar-refractivity contribution >= 4 is 42.9 Å².